The summed E-state index contributed by atoms with van der Waals surface area (Å²) in [6.45, 7) is 7.26. The molecule has 2 saturated heterocycles. The van der Waals surface area contributed by atoms with Gasteiger partial charge in [-0.1, -0.05) is 20.8 Å². The zero-order valence-corrected chi connectivity index (χ0v) is 12.9. The number of rotatable bonds is 2. The molecule has 4 amide bonds. The lowest BCUT2D eigenvalue weighted by molar-refractivity contribution is -0.133. The molecule has 2 heterocycles. The minimum atomic E-state index is -0.801. The van der Waals surface area contributed by atoms with E-state index in [1.165, 1.54) is 0 Å². The van der Waals surface area contributed by atoms with Crippen LogP contribution in [0.4, 0.5) is 4.79 Å². The third-order valence-electron chi connectivity index (χ3n) is 3.61. The van der Waals surface area contributed by atoms with Crippen LogP contribution in [-0.4, -0.2) is 51.9 Å². The number of imide groups is 1. The molecule has 2 rings (SSSR count). The maximum absolute atomic E-state index is 12.1. The number of nitrogens with one attached hydrogen (secondary N) is 2. The minimum absolute atomic E-state index is 0.0615. The molecular weight excluding hydrogens is 278 g/mol. The fraction of sp³-hybridized carbons (Fsp3) is 0.769. The molecular formula is C13H21N3O3S. The summed E-state index contributed by atoms with van der Waals surface area (Å²) in [5.41, 5.74) is -0.801. The molecule has 2 aliphatic rings. The normalized spacial score (nSPS) is 21.9. The summed E-state index contributed by atoms with van der Waals surface area (Å²) in [4.78, 5) is 36.9. The number of carbonyl (C=O) groups is 3. The summed E-state index contributed by atoms with van der Waals surface area (Å²) in [5.74, 6) is 0.290. The van der Waals surface area contributed by atoms with Crippen molar-refractivity contribution in [1.82, 2.24) is 15.5 Å². The standard InChI is InChI=1S/C13H21N3O3S/c1-12(2,3)20-8-9(17)16-6-4-13(5-7-16)10(18)14-11(19)15-13/h4-8H2,1-3H3,(H2,14,15,18,19). The lowest BCUT2D eigenvalue weighted by Gasteiger charge is -2.37. The van der Waals surface area contributed by atoms with Crippen LogP contribution in [0.3, 0.4) is 0 Å². The number of likely N-dealkylation sites (tertiary alicyclic amines) is 1. The highest BCUT2D eigenvalue weighted by Gasteiger charge is 2.48. The molecule has 0 aliphatic carbocycles. The molecule has 0 aromatic rings. The van der Waals surface area contributed by atoms with Gasteiger partial charge in [0.1, 0.15) is 5.54 Å². The van der Waals surface area contributed by atoms with Gasteiger partial charge in [-0.3, -0.25) is 14.9 Å². The Bertz CT molecular complexity index is 437. The van der Waals surface area contributed by atoms with Crippen molar-refractivity contribution in [1.29, 1.82) is 0 Å². The third-order valence-corrected chi connectivity index (χ3v) is 4.87. The first-order chi connectivity index (χ1) is 9.22. The Labute approximate surface area is 123 Å². The van der Waals surface area contributed by atoms with E-state index in [0.717, 1.165) is 0 Å². The topological polar surface area (TPSA) is 78.5 Å². The monoisotopic (exact) mass is 299 g/mol. The Morgan fingerprint density at radius 3 is 2.35 bits per heavy atom. The van der Waals surface area contributed by atoms with E-state index in [2.05, 4.69) is 31.4 Å². The van der Waals surface area contributed by atoms with Crippen molar-refractivity contribution < 1.29 is 14.4 Å². The molecule has 0 bridgehead atoms. The van der Waals surface area contributed by atoms with Gasteiger partial charge in [0.25, 0.3) is 5.91 Å². The van der Waals surface area contributed by atoms with Gasteiger partial charge in [-0.25, -0.2) is 4.79 Å². The summed E-state index contributed by atoms with van der Waals surface area (Å²) < 4.78 is 0.0615. The fourth-order valence-electron chi connectivity index (χ4n) is 2.39. The molecule has 0 aromatic carbocycles. The van der Waals surface area contributed by atoms with Crippen LogP contribution >= 0.6 is 11.8 Å². The van der Waals surface area contributed by atoms with Crippen LogP contribution in [0.5, 0.6) is 0 Å². The highest BCUT2D eigenvalue weighted by Crippen LogP contribution is 2.27. The van der Waals surface area contributed by atoms with Crippen molar-refractivity contribution in [2.75, 3.05) is 18.8 Å². The molecule has 0 saturated carbocycles. The van der Waals surface area contributed by atoms with Gasteiger partial charge in [0.15, 0.2) is 0 Å². The van der Waals surface area contributed by atoms with E-state index in [4.69, 9.17) is 0 Å². The molecule has 7 heteroatoms. The lowest BCUT2D eigenvalue weighted by atomic mass is 9.88. The van der Waals surface area contributed by atoms with Gasteiger partial charge >= 0.3 is 6.03 Å². The summed E-state index contributed by atoms with van der Waals surface area (Å²) in [6, 6.07) is -0.432. The number of hydrogen-bond donors (Lipinski definition) is 2. The highest BCUT2D eigenvalue weighted by molar-refractivity contribution is 8.01. The van der Waals surface area contributed by atoms with Gasteiger partial charge in [-0.15, -0.1) is 11.8 Å². The lowest BCUT2D eigenvalue weighted by Crippen LogP contribution is -2.56. The second-order valence-corrected chi connectivity index (χ2v) is 8.07. The number of piperidine rings is 1. The number of carbonyl (C=O) groups excluding carboxylic acids is 3. The first-order valence-corrected chi connectivity index (χ1v) is 7.76. The summed E-state index contributed by atoms with van der Waals surface area (Å²) in [7, 11) is 0. The van der Waals surface area contributed by atoms with Crippen LogP contribution in [-0.2, 0) is 9.59 Å². The van der Waals surface area contributed by atoms with E-state index in [0.29, 0.717) is 31.7 Å². The van der Waals surface area contributed by atoms with Crippen molar-refractivity contribution in [3.05, 3.63) is 0 Å². The van der Waals surface area contributed by atoms with Crippen LogP contribution in [0.15, 0.2) is 0 Å². The van der Waals surface area contributed by atoms with E-state index in [1.54, 1.807) is 16.7 Å². The first kappa shape index (κ1) is 15.2. The first-order valence-electron chi connectivity index (χ1n) is 6.77. The predicted molar refractivity (Wildman–Crippen MR) is 77.4 cm³/mol. The molecule has 0 unspecified atom stereocenters. The van der Waals surface area contributed by atoms with Crippen LogP contribution in [0.25, 0.3) is 0 Å². The number of urea groups is 1. The zero-order valence-electron chi connectivity index (χ0n) is 12.1. The number of hydrogen-bond acceptors (Lipinski definition) is 4. The molecule has 1 spiro atoms. The van der Waals surface area contributed by atoms with Crippen LogP contribution in [0.1, 0.15) is 33.6 Å². The third kappa shape index (κ3) is 3.26. The Morgan fingerprint density at radius 2 is 1.90 bits per heavy atom. The summed E-state index contributed by atoms with van der Waals surface area (Å²) in [6.07, 6.45) is 0.965. The Kier molecular flexibility index (Phi) is 4.00. The van der Waals surface area contributed by atoms with Gasteiger partial charge < -0.3 is 10.2 Å². The van der Waals surface area contributed by atoms with E-state index >= 15 is 0 Å². The van der Waals surface area contributed by atoms with Gasteiger partial charge in [-0.2, -0.15) is 0 Å². The molecule has 0 radical (unpaired) electrons. The van der Waals surface area contributed by atoms with Gasteiger partial charge in [0, 0.05) is 17.8 Å². The fourth-order valence-corrected chi connectivity index (χ4v) is 3.13. The molecule has 2 N–H and O–H groups in total. The average molecular weight is 299 g/mol. The average Bonchev–Trinajstić information content (AvgIpc) is 2.61. The van der Waals surface area contributed by atoms with E-state index in [-0.39, 0.29) is 16.6 Å². The summed E-state index contributed by atoms with van der Waals surface area (Å²) in [5, 5.41) is 4.96. The molecule has 6 nitrogen and oxygen atoms in total. The SMILES string of the molecule is CC(C)(C)SCC(=O)N1CCC2(CC1)NC(=O)NC2=O. The Balaban J connectivity index is 1.87. The predicted octanol–water partition coefficient (Wildman–Crippen LogP) is 0.719. The van der Waals surface area contributed by atoms with Gasteiger partial charge in [0.2, 0.25) is 5.91 Å². The molecule has 2 fully saturated rings. The number of amides is 4. The smallest absolute Gasteiger partial charge is 0.322 e. The van der Waals surface area contributed by atoms with Crippen molar-refractivity contribution in [2.45, 2.75) is 43.9 Å². The Morgan fingerprint density at radius 1 is 1.30 bits per heavy atom. The van der Waals surface area contributed by atoms with E-state index < -0.39 is 11.6 Å². The van der Waals surface area contributed by atoms with E-state index in [9.17, 15) is 14.4 Å². The maximum Gasteiger partial charge on any atom is 0.322 e. The van der Waals surface area contributed by atoms with Crippen molar-refractivity contribution >= 4 is 29.6 Å². The molecule has 2 aliphatic heterocycles. The second kappa shape index (κ2) is 5.27. The Hall–Kier alpha value is -1.24. The van der Waals surface area contributed by atoms with Crippen molar-refractivity contribution in [3.63, 3.8) is 0 Å². The minimum Gasteiger partial charge on any atom is -0.342 e. The number of thioether (sulfide) groups is 1. The van der Waals surface area contributed by atoms with Crippen molar-refractivity contribution in [2.24, 2.45) is 0 Å². The quantitative estimate of drug-likeness (QED) is 0.736. The molecule has 20 heavy (non-hydrogen) atoms. The van der Waals surface area contributed by atoms with Crippen LogP contribution in [0, 0.1) is 0 Å². The van der Waals surface area contributed by atoms with Crippen LogP contribution in [0.2, 0.25) is 0 Å². The van der Waals surface area contributed by atoms with E-state index in [1.807, 2.05) is 0 Å². The zero-order chi connectivity index (χ0) is 15.0. The highest BCUT2D eigenvalue weighted by atomic mass is 32.2. The summed E-state index contributed by atoms with van der Waals surface area (Å²) >= 11 is 1.62. The maximum atomic E-state index is 12.1. The molecule has 0 atom stereocenters. The van der Waals surface area contributed by atoms with Gasteiger partial charge in [-0.05, 0) is 12.8 Å². The van der Waals surface area contributed by atoms with Gasteiger partial charge in [0.05, 0.1) is 5.75 Å². The molecule has 0 aromatic heterocycles. The second-order valence-electron chi connectivity index (χ2n) is 6.27. The largest absolute Gasteiger partial charge is 0.342 e. The van der Waals surface area contributed by atoms with Crippen LogP contribution < -0.4 is 10.6 Å². The van der Waals surface area contributed by atoms with Crippen molar-refractivity contribution in [3.8, 4) is 0 Å². The number of nitrogens with zero attached hydrogens (tertiary/aromatic N) is 1. The molecule has 112 valence electrons.